The van der Waals surface area contributed by atoms with Gasteiger partial charge in [0.2, 0.25) is 5.69 Å². The third-order valence-corrected chi connectivity index (χ3v) is 8.77. The van der Waals surface area contributed by atoms with E-state index in [1.807, 2.05) is 77.4 Å². The van der Waals surface area contributed by atoms with Crippen LogP contribution in [0.25, 0.3) is 0 Å². The van der Waals surface area contributed by atoms with Crippen molar-refractivity contribution in [2.45, 2.75) is 38.5 Å². The number of para-hydroxylation sites is 2. The third kappa shape index (κ3) is 8.02. The van der Waals surface area contributed by atoms with Gasteiger partial charge in [-0.1, -0.05) is 80.6 Å². The Morgan fingerprint density at radius 1 is 0.929 bits per heavy atom. The summed E-state index contributed by atoms with van der Waals surface area (Å²) in [5.74, 6) is 0.0899. The van der Waals surface area contributed by atoms with Crippen molar-refractivity contribution < 1.29 is 83.6 Å². The molecule has 218 valence electrons. The van der Waals surface area contributed by atoms with E-state index in [0.717, 1.165) is 40.4 Å². The third-order valence-electron chi connectivity index (χ3n) is 7.59. The van der Waals surface area contributed by atoms with Crippen LogP contribution in [0.15, 0.2) is 96.8 Å². The molecule has 0 atom stereocenters. The molecule has 2 heterocycles. The number of fused-ring (bicyclic) bond motifs is 2. The van der Waals surface area contributed by atoms with Gasteiger partial charge in [-0.15, -0.1) is 0 Å². The van der Waals surface area contributed by atoms with Gasteiger partial charge in [-0.3, -0.25) is 5.04 Å². The van der Waals surface area contributed by atoms with Gasteiger partial charge in [0, 0.05) is 58.8 Å². The summed E-state index contributed by atoms with van der Waals surface area (Å²) < 4.78 is 40.5. The van der Waals surface area contributed by atoms with E-state index >= 15 is 0 Å². The molecule has 0 saturated carbocycles. The van der Waals surface area contributed by atoms with Crippen molar-refractivity contribution in [1.82, 2.24) is 0 Å². The normalized spacial score (nSPS) is 18.4. The number of benzene rings is 2. The van der Waals surface area contributed by atoms with Gasteiger partial charge in [-0.05, 0) is 31.6 Å². The molecule has 2 aromatic carbocycles. The molecule has 4 rings (SSSR count). The van der Waals surface area contributed by atoms with Crippen molar-refractivity contribution in [3.05, 3.63) is 108 Å². The van der Waals surface area contributed by atoms with Crippen molar-refractivity contribution in [2.24, 2.45) is 0 Å². The minimum absolute atomic E-state index is 0. The summed E-state index contributed by atoms with van der Waals surface area (Å²) in [4.78, 5) is 2.23. The first-order valence-corrected chi connectivity index (χ1v) is 15.8. The Balaban J connectivity index is 0.00000484. The van der Waals surface area contributed by atoms with E-state index in [-0.39, 0.29) is 68.8 Å². The zero-order valence-electron chi connectivity index (χ0n) is 24.6. The first-order valence-electron chi connectivity index (χ1n) is 13.3. The molecule has 0 aliphatic carbocycles. The molecule has 0 aromatic heterocycles. The van der Waals surface area contributed by atoms with Crippen molar-refractivity contribution in [3.8, 4) is 0 Å². The second-order valence-electron chi connectivity index (χ2n) is 10.9. The van der Waals surface area contributed by atoms with Gasteiger partial charge >= 0.3 is 51.4 Å². The summed E-state index contributed by atoms with van der Waals surface area (Å²) >= 11 is 0.974. The van der Waals surface area contributed by atoms with Gasteiger partial charge in [0.25, 0.3) is 0 Å². The molecule has 0 N–H and O–H groups in total. The molecular formula is C31H35KN2O6S2. The molecule has 0 radical (unpaired) electrons. The van der Waals surface area contributed by atoms with E-state index in [9.17, 15) is 18.2 Å². The zero-order valence-corrected chi connectivity index (χ0v) is 29.4. The molecular weight excluding hydrogens is 600 g/mol. The van der Waals surface area contributed by atoms with Crippen molar-refractivity contribution in [3.63, 3.8) is 0 Å². The first kappa shape index (κ1) is 35.1. The maximum atomic E-state index is 11.4. The van der Waals surface area contributed by atoms with Gasteiger partial charge in [-0.25, -0.2) is 8.42 Å². The maximum Gasteiger partial charge on any atom is 1.00 e. The number of allylic oxidation sites excluding steroid dienone is 8. The van der Waals surface area contributed by atoms with Crippen LogP contribution in [-0.2, 0) is 30.3 Å². The topological polar surface area (TPSA) is 105 Å². The Labute approximate surface area is 295 Å². The summed E-state index contributed by atoms with van der Waals surface area (Å²) in [6.45, 7) is 9.32. The fraction of sp³-hybridized carbons (Fsp3) is 0.323. The summed E-state index contributed by atoms with van der Waals surface area (Å²) in [7, 11) is -4.34. The number of nitrogens with zero attached hydrogens (tertiary/aromatic N) is 2. The maximum absolute atomic E-state index is 11.4. The molecule has 11 heteroatoms. The molecule has 0 spiro atoms. The van der Waals surface area contributed by atoms with E-state index in [4.69, 9.17) is 0 Å². The molecule has 2 aliphatic heterocycles. The standard InChI is InChI=1S/C31H36N2O6S2.K/c1-30(2)24-14-10-12-16-26(24)32(20-22-40-39-38-34)28(30)18-8-6-5-7-9-19-29-31(3,4)25-15-11-13-17-27(25)33(29)21-23-41(35,36)37;/h5-19H,20-23H2,1-4H3,(H-,34,35,36,37);/q;+1/p-1. The average molecular weight is 635 g/mol. The van der Waals surface area contributed by atoms with Crippen LogP contribution in [0.4, 0.5) is 11.4 Å². The Hall–Kier alpha value is -1.35. The quantitative estimate of drug-likeness (QED) is 0.0510. The van der Waals surface area contributed by atoms with Gasteiger partial charge in [0.1, 0.15) is 10.1 Å². The fourth-order valence-electron chi connectivity index (χ4n) is 5.63. The van der Waals surface area contributed by atoms with Crippen LogP contribution >= 0.6 is 12.0 Å². The number of rotatable bonds is 12. The first-order chi connectivity index (χ1) is 19.5. The van der Waals surface area contributed by atoms with Crippen molar-refractivity contribution in [1.29, 1.82) is 0 Å². The number of hydrogen-bond acceptors (Lipinski definition) is 8. The van der Waals surface area contributed by atoms with Crippen LogP contribution < -0.4 is 61.5 Å². The summed E-state index contributed by atoms with van der Waals surface area (Å²) in [6, 6.07) is 16.2. The van der Waals surface area contributed by atoms with Crippen molar-refractivity contribution in [2.75, 3.05) is 29.5 Å². The van der Waals surface area contributed by atoms with Crippen LogP contribution in [0.1, 0.15) is 38.8 Å². The Bertz CT molecular complexity index is 1530. The molecule has 42 heavy (non-hydrogen) atoms. The van der Waals surface area contributed by atoms with Gasteiger partial charge < -0.3 is 14.7 Å². The SMILES string of the molecule is CC1(C)C(=CC=CC=CC=CC2=[N+](CCS(=O)(=O)[O-])c3ccccc3C2(C)C)N(CCSOO[O-])c2ccccc21.[K+]. The molecule has 0 fully saturated rings. The zero-order chi connectivity index (χ0) is 29.7. The van der Waals surface area contributed by atoms with Crippen LogP contribution in [0.5, 0.6) is 0 Å². The number of anilines is 1. The van der Waals surface area contributed by atoms with Crippen LogP contribution in [0, 0.1) is 0 Å². The van der Waals surface area contributed by atoms with E-state index in [2.05, 4.69) is 60.2 Å². The monoisotopic (exact) mass is 634 g/mol. The fourth-order valence-corrected chi connectivity index (χ4v) is 6.41. The predicted octanol–water partition coefficient (Wildman–Crippen LogP) is 1.83. The smallest absolute Gasteiger partial charge is 0.748 e. The molecule has 2 aliphatic rings. The van der Waals surface area contributed by atoms with E-state index in [1.165, 1.54) is 5.56 Å². The summed E-state index contributed by atoms with van der Waals surface area (Å²) in [5.41, 5.74) is 5.90. The van der Waals surface area contributed by atoms with Crippen LogP contribution in [0.3, 0.4) is 0 Å². The second kappa shape index (κ2) is 15.1. The molecule has 2 aromatic rings. The Morgan fingerprint density at radius 3 is 2.29 bits per heavy atom. The predicted molar refractivity (Wildman–Crippen MR) is 161 cm³/mol. The minimum atomic E-state index is -4.34. The van der Waals surface area contributed by atoms with E-state index < -0.39 is 15.9 Å². The molecule has 0 saturated heterocycles. The molecule has 8 nitrogen and oxygen atoms in total. The molecule has 0 bridgehead atoms. The van der Waals surface area contributed by atoms with Crippen molar-refractivity contribution >= 4 is 39.2 Å². The van der Waals surface area contributed by atoms with Crippen LogP contribution in [-0.4, -0.2) is 47.9 Å². The van der Waals surface area contributed by atoms with E-state index in [0.29, 0.717) is 12.3 Å². The van der Waals surface area contributed by atoms with Gasteiger partial charge in [0.05, 0.1) is 11.2 Å². The number of hydrogen-bond donors (Lipinski definition) is 0. The molecule has 0 unspecified atom stereocenters. The summed E-state index contributed by atoms with van der Waals surface area (Å²) in [6.07, 6.45) is 13.8. The average Bonchev–Trinajstić information content (AvgIpc) is 3.28. The molecule has 0 amide bonds. The second-order valence-corrected chi connectivity index (χ2v) is 13.2. The van der Waals surface area contributed by atoms with Crippen LogP contribution in [0.2, 0.25) is 0 Å². The Kier molecular flexibility index (Phi) is 12.6. The van der Waals surface area contributed by atoms with Gasteiger partial charge in [-0.2, -0.15) is 8.91 Å². The minimum Gasteiger partial charge on any atom is -0.748 e. The Morgan fingerprint density at radius 2 is 1.57 bits per heavy atom. The largest absolute Gasteiger partial charge is 1.00 e. The summed E-state index contributed by atoms with van der Waals surface area (Å²) in [5, 5.41) is 13.6. The van der Waals surface area contributed by atoms with E-state index in [1.54, 1.807) is 0 Å². The van der Waals surface area contributed by atoms with Gasteiger partial charge in [0.15, 0.2) is 12.3 Å².